The lowest BCUT2D eigenvalue weighted by molar-refractivity contribution is 0.419. The minimum absolute atomic E-state index is 0.156. The summed E-state index contributed by atoms with van der Waals surface area (Å²) in [6.07, 6.45) is 4.05. The largest absolute Gasteiger partial charge is 0.308 e. The molecule has 18 heavy (non-hydrogen) atoms. The minimum Gasteiger partial charge on any atom is -0.308 e. The summed E-state index contributed by atoms with van der Waals surface area (Å²) in [5.74, 6) is 0.774. The maximum Gasteiger partial charge on any atom is 0.0970 e. The Hall–Kier alpha value is -1.26. The van der Waals surface area contributed by atoms with Gasteiger partial charge in [-0.1, -0.05) is 35.2 Å². The molecule has 0 aliphatic heterocycles. The van der Waals surface area contributed by atoms with Crippen LogP contribution in [-0.4, -0.2) is 16.6 Å². The summed E-state index contributed by atoms with van der Waals surface area (Å²) in [6, 6.07) is 9.06. The molecule has 2 aromatic rings. The van der Waals surface area contributed by atoms with E-state index in [0.717, 1.165) is 11.6 Å². The summed E-state index contributed by atoms with van der Waals surface area (Å²) in [6.45, 7) is 0. The van der Waals surface area contributed by atoms with Gasteiger partial charge in [0, 0.05) is 5.38 Å². The maximum atomic E-state index is 4.18. The van der Waals surface area contributed by atoms with Gasteiger partial charge in [-0.15, -0.1) is 5.10 Å². The van der Waals surface area contributed by atoms with Crippen LogP contribution in [-0.2, 0) is 0 Å². The molecule has 3 nitrogen and oxygen atoms in total. The Morgan fingerprint density at radius 2 is 2.28 bits per heavy atom. The molecule has 3 rings (SSSR count). The molecule has 1 aliphatic rings. The first-order chi connectivity index (χ1) is 8.88. The first kappa shape index (κ1) is 11.8. The highest BCUT2D eigenvalue weighted by atomic mass is 32.1. The average Bonchev–Trinajstić information content (AvgIpc) is 2.82. The van der Waals surface area contributed by atoms with Crippen molar-refractivity contribution in [2.24, 2.45) is 0 Å². The summed E-state index contributed by atoms with van der Waals surface area (Å²) >= 11 is 1.40. The maximum absolute atomic E-state index is 4.18. The monoisotopic (exact) mass is 259 g/mol. The lowest BCUT2D eigenvalue weighted by atomic mass is 9.79. The Labute approximate surface area is 111 Å². The lowest BCUT2D eigenvalue weighted by Gasteiger charge is -2.26. The summed E-state index contributed by atoms with van der Waals surface area (Å²) in [7, 11) is 1.97. The van der Waals surface area contributed by atoms with E-state index in [1.54, 1.807) is 0 Å². The highest BCUT2D eigenvalue weighted by Gasteiger charge is 2.21. The average molecular weight is 259 g/mol. The van der Waals surface area contributed by atoms with E-state index >= 15 is 0 Å². The van der Waals surface area contributed by atoms with Gasteiger partial charge in [-0.3, -0.25) is 0 Å². The number of hydrogen-bond acceptors (Lipinski definition) is 4. The quantitative estimate of drug-likeness (QED) is 0.916. The van der Waals surface area contributed by atoms with Crippen LogP contribution < -0.4 is 5.32 Å². The van der Waals surface area contributed by atoms with Gasteiger partial charge in [0.15, 0.2) is 0 Å². The van der Waals surface area contributed by atoms with Gasteiger partial charge < -0.3 is 5.32 Å². The Morgan fingerprint density at radius 1 is 1.39 bits per heavy atom. The fourth-order valence-electron chi connectivity index (χ4n) is 2.52. The van der Waals surface area contributed by atoms with Crippen LogP contribution in [0.2, 0.25) is 0 Å². The van der Waals surface area contributed by atoms with Crippen molar-refractivity contribution in [1.29, 1.82) is 0 Å². The van der Waals surface area contributed by atoms with Crippen molar-refractivity contribution in [3.63, 3.8) is 0 Å². The summed E-state index contributed by atoms with van der Waals surface area (Å²) in [5.41, 5.74) is 3.77. The third kappa shape index (κ3) is 2.18. The Bertz CT molecular complexity index is 506. The fraction of sp³-hybridized carbons (Fsp3) is 0.429. The zero-order chi connectivity index (χ0) is 12.4. The van der Waals surface area contributed by atoms with Crippen molar-refractivity contribution >= 4 is 11.5 Å². The molecule has 1 aliphatic carbocycles. The fourth-order valence-corrected chi connectivity index (χ4v) is 3.00. The van der Waals surface area contributed by atoms with E-state index in [9.17, 15) is 0 Å². The normalized spacial score (nSPS) is 17.4. The molecule has 0 amide bonds. The number of nitrogens with one attached hydrogen (secondary N) is 1. The molecule has 1 N–H and O–H groups in total. The SMILES string of the molecule is CNC(c1cccc(C2CCC2)c1)c1csnn1. The van der Waals surface area contributed by atoms with Gasteiger partial charge in [0.05, 0.1) is 11.7 Å². The van der Waals surface area contributed by atoms with E-state index in [2.05, 4.69) is 39.2 Å². The van der Waals surface area contributed by atoms with Crippen LogP contribution in [0.5, 0.6) is 0 Å². The van der Waals surface area contributed by atoms with Gasteiger partial charge in [-0.25, -0.2) is 0 Å². The van der Waals surface area contributed by atoms with Crippen molar-refractivity contribution < 1.29 is 0 Å². The number of hydrogen-bond donors (Lipinski definition) is 1. The van der Waals surface area contributed by atoms with Crippen LogP contribution in [0.15, 0.2) is 29.6 Å². The number of benzene rings is 1. The van der Waals surface area contributed by atoms with E-state index in [4.69, 9.17) is 0 Å². The first-order valence-corrected chi connectivity index (χ1v) is 7.26. The number of nitrogens with zero attached hydrogens (tertiary/aromatic N) is 2. The molecular formula is C14H17N3S. The van der Waals surface area contributed by atoms with E-state index in [-0.39, 0.29) is 6.04 Å². The molecule has 1 saturated carbocycles. The van der Waals surface area contributed by atoms with Crippen molar-refractivity contribution in [2.75, 3.05) is 7.05 Å². The van der Waals surface area contributed by atoms with Gasteiger partial charge in [0.25, 0.3) is 0 Å². The van der Waals surface area contributed by atoms with Gasteiger partial charge in [-0.05, 0) is 48.5 Å². The van der Waals surface area contributed by atoms with Gasteiger partial charge in [-0.2, -0.15) is 0 Å². The highest BCUT2D eigenvalue weighted by Crippen LogP contribution is 2.37. The van der Waals surface area contributed by atoms with Gasteiger partial charge in [0.1, 0.15) is 0 Å². The molecule has 0 radical (unpaired) electrons. The standard InChI is InChI=1S/C14H17N3S/c1-15-14(13-9-18-17-16-13)12-7-3-6-11(8-12)10-4-2-5-10/h3,6-10,14-15H,2,4-5H2,1H3. The molecule has 0 saturated heterocycles. The second-order valence-corrected chi connectivity index (χ2v) is 5.46. The molecule has 1 fully saturated rings. The molecule has 1 aromatic heterocycles. The van der Waals surface area contributed by atoms with Crippen LogP contribution in [0.25, 0.3) is 0 Å². The lowest BCUT2D eigenvalue weighted by Crippen LogP contribution is -2.19. The number of aromatic nitrogens is 2. The van der Waals surface area contributed by atoms with E-state index < -0.39 is 0 Å². The van der Waals surface area contributed by atoms with Crippen LogP contribution in [0, 0.1) is 0 Å². The predicted octanol–water partition coefficient (Wildman–Crippen LogP) is 3.11. The molecule has 94 valence electrons. The Balaban J connectivity index is 1.90. The second kappa shape index (κ2) is 5.16. The molecule has 0 spiro atoms. The first-order valence-electron chi connectivity index (χ1n) is 6.42. The zero-order valence-electron chi connectivity index (χ0n) is 10.5. The third-order valence-corrected chi connectivity index (χ3v) is 4.30. The molecule has 1 heterocycles. The third-order valence-electron chi connectivity index (χ3n) is 3.78. The van der Waals surface area contributed by atoms with Gasteiger partial charge in [0.2, 0.25) is 0 Å². The minimum atomic E-state index is 0.156. The molecule has 4 heteroatoms. The highest BCUT2D eigenvalue weighted by molar-refractivity contribution is 7.03. The molecule has 1 atom stereocenters. The summed E-state index contributed by atoms with van der Waals surface area (Å²) < 4.78 is 3.95. The van der Waals surface area contributed by atoms with Crippen LogP contribution >= 0.6 is 11.5 Å². The van der Waals surface area contributed by atoms with E-state index in [1.807, 2.05) is 12.4 Å². The van der Waals surface area contributed by atoms with Crippen molar-refractivity contribution in [3.8, 4) is 0 Å². The van der Waals surface area contributed by atoms with Crippen molar-refractivity contribution in [2.45, 2.75) is 31.2 Å². The molecule has 1 unspecified atom stereocenters. The Kier molecular flexibility index (Phi) is 3.39. The molecule has 1 aromatic carbocycles. The summed E-state index contributed by atoms with van der Waals surface area (Å²) in [4.78, 5) is 0. The van der Waals surface area contributed by atoms with Crippen LogP contribution in [0.3, 0.4) is 0 Å². The van der Waals surface area contributed by atoms with E-state index in [1.165, 1.54) is 41.9 Å². The van der Waals surface area contributed by atoms with Crippen LogP contribution in [0.1, 0.15) is 48.0 Å². The van der Waals surface area contributed by atoms with Crippen molar-refractivity contribution in [3.05, 3.63) is 46.5 Å². The summed E-state index contributed by atoms with van der Waals surface area (Å²) in [5, 5.41) is 9.52. The van der Waals surface area contributed by atoms with Gasteiger partial charge >= 0.3 is 0 Å². The topological polar surface area (TPSA) is 37.8 Å². The molecular weight excluding hydrogens is 242 g/mol. The molecule has 0 bridgehead atoms. The van der Waals surface area contributed by atoms with Crippen LogP contribution in [0.4, 0.5) is 0 Å². The zero-order valence-corrected chi connectivity index (χ0v) is 11.3. The predicted molar refractivity (Wildman–Crippen MR) is 73.8 cm³/mol. The smallest absolute Gasteiger partial charge is 0.0970 e. The van der Waals surface area contributed by atoms with E-state index in [0.29, 0.717) is 0 Å². The second-order valence-electron chi connectivity index (χ2n) is 4.85. The number of rotatable bonds is 4. The Morgan fingerprint density at radius 3 is 2.89 bits per heavy atom. The van der Waals surface area contributed by atoms with Crippen molar-refractivity contribution in [1.82, 2.24) is 14.9 Å².